The third kappa shape index (κ3) is 5.01. The highest BCUT2D eigenvalue weighted by molar-refractivity contribution is 6.35. The van der Waals surface area contributed by atoms with Crippen molar-refractivity contribution < 1.29 is 27.8 Å². The second kappa shape index (κ2) is 9.58. The zero-order chi connectivity index (χ0) is 22.5. The van der Waals surface area contributed by atoms with E-state index in [2.05, 4.69) is 9.72 Å². The average Bonchev–Trinajstić information content (AvgIpc) is 2.76. The van der Waals surface area contributed by atoms with E-state index in [1.165, 1.54) is 13.2 Å². The number of aromatic nitrogens is 1. The Morgan fingerprint density at radius 3 is 2.55 bits per heavy atom. The second-order valence-electron chi connectivity index (χ2n) is 6.52. The zero-order valence-electron chi connectivity index (χ0n) is 16.6. The number of pyridine rings is 1. The molecule has 0 aliphatic rings. The number of halogens is 3. The number of nitriles is 1. The number of benzene rings is 2. The molecular weight excluding hydrogens is 430 g/mol. The predicted molar refractivity (Wildman–Crippen MR) is 110 cm³/mol. The molecule has 0 fully saturated rings. The van der Waals surface area contributed by atoms with Gasteiger partial charge in [0.25, 0.3) is 0 Å². The van der Waals surface area contributed by atoms with E-state index in [0.717, 1.165) is 5.56 Å². The van der Waals surface area contributed by atoms with Crippen LogP contribution in [0.5, 0.6) is 11.6 Å². The predicted octanol–water partition coefficient (Wildman–Crippen LogP) is 4.81. The number of fused-ring (bicyclic) bond motifs is 1. The Hall–Kier alpha value is -3.44. The van der Waals surface area contributed by atoms with Crippen molar-refractivity contribution in [2.75, 3.05) is 13.7 Å². The highest BCUT2D eigenvalue weighted by Gasteiger charge is 2.21. The van der Waals surface area contributed by atoms with Gasteiger partial charge < -0.3 is 14.2 Å². The van der Waals surface area contributed by atoms with Gasteiger partial charge in [0.15, 0.2) is 6.61 Å². The topological polar surface area (TPSA) is 81.4 Å². The van der Waals surface area contributed by atoms with Crippen LogP contribution in [0.15, 0.2) is 36.4 Å². The number of carbonyl (C=O) groups excluding carboxylic acids is 1. The minimum Gasteiger partial charge on any atom is -0.481 e. The number of alkyl halides is 2. The number of carbonyl (C=O) groups is 1. The van der Waals surface area contributed by atoms with E-state index in [9.17, 15) is 13.6 Å². The summed E-state index contributed by atoms with van der Waals surface area (Å²) in [6, 6.07) is 11.8. The lowest BCUT2D eigenvalue weighted by Gasteiger charge is -2.18. The minimum absolute atomic E-state index is 0.209. The normalized spacial score (nSPS) is 10.7. The van der Waals surface area contributed by atoms with Gasteiger partial charge >= 0.3 is 12.6 Å². The molecule has 0 bridgehead atoms. The van der Waals surface area contributed by atoms with Crippen LogP contribution >= 0.6 is 11.6 Å². The monoisotopic (exact) mass is 446 g/mol. The fourth-order valence-corrected chi connectivity index (χ4v) is 3.31. The summed E-state index contributed by atoms with van der Waals surface area (Å²) in [7, 11) is 1.24. The van der Waals surface area contributed by atoms with Crippen LogP contribution in [0.3, 0.4) is 0 Å². The van der Waals surface area contributed by atoms with E-state index < -0.39 is 12.6 Å². The first-order valence-corrected chi connectivity index (χ1v) is 9.47. The number of rotatable bonds is 7. The quantitative estimate of drug-likeness (QED) is 0.484. The highest BCUT2D eigenvalue weighted by Crippen LogP contribution is 2.38. The van der Waals surface area contributed by atoms with Crippen molar-refractivity contribution in [2.24, 2.45) is 0 Å². The van der Waals surface area contributed by atoms with Gasteiger partial charge in [-0.2, -0.15) is 14.0 Å². The summed E-state index contributed by atoms with van der Waals surface area (Å²) in [5.74, 6) is -0.528. The van der Waals surface area contributed by atoms with Crippen LogP contribution in [0.25, 0.3) is 10.9 Å². The number of hydrogen-bond acceptors (Lipinski definition) is 6. The van der Waals surface area contributed by atoms with Crippen LogP contribution in [0.4, 0.5) is 8.78 Å². The average molecular weight is 447 g/mol. The van der Waals surface area contributed by atoms with Gasteiger partial charge in [0.2, 0.25) is 5.88 Å². The molecule has 6 nitrogen and oxygen atoms in total. The summed E-state index contributed by atoms with van der Waals surface area (Å²) in [6.45, 7) is -1.71. The third-order valence-corrected chi connectivity index (χ3v) is 4.93. The summed E-state index contributed by atoms with van der Waals surface area (Å²) in [4.78, 5) is 15.7. The van der Waals surface area contributed by atoms with Gasteiger partial charge in [0.05, 0.1) is 29.3 Å². The molecule has 160 valence electrons. The summed E-state index contributed by atoms with van der Waals surface area (Å²) >= 11 is 6.26. The van der Waals surface area contributed by atoms with Gasteiger partial charge in [-0.1, -0.05) is 23.7 Å². The number of methoxy groups -OCH3 is 1. The summed E-state index contributed by atoms with van der Waals surface area (Å²) in [5, 5.41) is 9.65. The second-order valence-corrected chi connectivity index (χ2v) is 6.93. The van der Waals surface area contributed by atoms with Crippen molar-refractivity contribution in [3.05, 3.63) is 63.7 Å². The Morgan fingerprint density at radius 2 is 1.94 bits per heavy atom. The fraction of sp³-hybridized carbons (Fsp3) is 0.227. The molecule has 31 heavy (non-hydrogen) atoms. The van der Waals surface area contributed by atoms with Gasteiger partial charge in [-0.15, -0.1) is 0 Å². The molecule has 0 saturated carbocycles. The summed E-state index contributed by atoms with van der Waals surface area (Å²) in [5.41, 5.74) is 2.42. The van der Waals surface area contributed by atoms with E-state index in [-0.39, 0.29) is 29.4 Å². The maximum Gasteiger partial charge on any atom is 0.388 e. The van der Waals surface area contributed by atoms with Crippen molar-refractivity contribution in [2.45, 2.75) is 20.0 Å². The van der Waals surface area contributed by atoms with E-state index in [4.69, 9.17) is 26.3 Å². The van der Waals surface area contributed by atoms with E-state index >= 15 is 0 Å². The van der Waals surface area contributed by atoms with Crippen LogP contribution in [0.1, 0.15) is 22.3 Å². The number of nitrogens with zero attached hydrogens (tertiary/aromatic N) is 2. The van der Waals surface area contributed by atoms with Crippen molar-refractivity contribution in [1.82, 2.24) is 4.98 Å². The van der Waals surface area contributed by atoms with E-state index in [1.807, 2.05) is 6.07 Å². The number of aryl methyl sites for hydroxylation is 1. The van der Waals surface area contributed by atoms with Crippen molar-refractivity contribution >= 4 is 28.5 Å². The first-order valence-electron chi connectivity index (χ1n) is 9.09. The molecule has 3 rings (SSSR count). The van der Waals surface area contributed by atoms with Crippen LogP contribution in [0.2, 0.25) is 5.02 Å². The standard InChI is InChI=1S/C22H17ClF2N2O4/c1-12-15(9-13-3-5-14(10-26)6-4-13)21(31-22(24)25)27-20-16(23)7-8-17(19(12)20)30-11-18(28)29-2/h3-8,22H,9,11H2,1-2H3. The SMILES string of the molecule is COC(=O)COc1ccc(Cl)c2nc(OC(F)F)c(Cc3ccc(C#N)cc3)c(C)c12. The molecule has 0 aliphatic heterocycles. The van der Waals surface area contributed by atoms with Crippen molar-refractivity contribution in [3.8, 4) is 17.7 Å². The molecular formula is C22H17ClF2N2O4. The smallest absolute Gasteiger partial charge is 0.388 e. The molecule has 0 aliphatic carbocycles. The maximum atomic E-state index is 13.1. The molecule has 0 N–H and O–H groups in total. The van der Waals surface area contributed by atoms with Crippen LogP contribution < -0.4 is 9.47 Å². The van der Waals surface area contributed by atoms with Crippen molar-refractivity contribution in [3.63, 3.8) is 0 Å². The van der Waals surface area contributed by atoms with Gasteiger partial charge in [-0.25, -0.2) is 9.78 Å². The van der Waals surface area contributed by atoms with Gasteiger partial charge in [0.1, 0.15) is 5.75 Å². The fourth-order valence-electron chi connectivity index (χ4n) is 3.11. The zero-order valence-corrected chi connectivity index (χ0v) is 17.4. The van der Waals surface area contributed by atoms with Crippen LogP contribution in [0, 0.1) is 18.3 Å². The molecule has 0 saturated heterocycles. The molecule has 1 heterocycles. The van der Waals surface area contributed by atoms with Gasteiger partial charge in [0, 0.05) is 17.4 Å². The lowest BCUT2D eigenvalue weighted by atomic mass is 9.97. The highest BCUT2D eigenvalue weighted by atomic mass is 35.5. The first kappa shape index (κ1) is 22.2. The molecule has 9 heteroatoms. The third-order valence-electron chi connectivity index (χ3n) is 4.63. The molecule has 3 aromatic rings. The molecule has 0 radical (unpaired) electrons. The maximum absolute atomic E-state index is 13.1. The summed E-state index contributed by atoms with van der Waals surface area (Å²) in [6.07, 6.45) is 0.214. The number of ether oxygens (including phenoxy) is 3. The molecule has 1 aromatic heterocycles. The minimum atomic E-state index is -3.08. The molecule has 0 unspecified atom stereocenters. The van der Waals surface area contributed by atoms with Crippen molar-refractivity contribution in [1.29, 1.82) is 5.26 Å². The Balaban J connectivity index is 2.16. The van der Waals surface area contributed by atoms with Crippen LogP contribution in [-0.4, -0.2) is 31.3 Å². The lowest BCUT2D eigenvalue weighted by molar-refractivity contribution is -0.142. The Morgan fingerprint density at radius 1 is 1.23 bits per heavy atom. The molecule has 2 aromatic carbocycles. The van der Waals surface area contributed by atoms with Crippen LogP contribution in [-0.2, 0) is 16.0 Å². The molecule has 0 spiro atoms. The summed E-state index contributed by atoms with van der Waals surface area (Å²) < 4.78 is 41.0. The van der Waals surface area contributed by atoms with Gasteiger partial charge in [-0.05, 0) is 42.3 Å². The number of hydrogen-bond donors (Lipinski definition) is 0. The Labute approximate surface area is 181 Å². The first-order chi connectivity index (χ1) is 14.8. The lowest BCUT2D eigenvalue weighted by Crippen LogP contribution is -2.13. The van der Waals surface area contributed by atoms with Gasteiger partial charge in [-0.3, -0.25) is 0 Å². The van der Waals surface area contributed by atoms with E-state index in [1.54, 1.807) is 37.3 Å². The number of esters is 1. The Bertz CT molecular complexity index is 1160. The molecule has 0 atom stereocenters. The van der Waals surface area contributed by atoms with E-state index in [0.29, 0.717) is 27.8 Å². The Kier molecular flexibility index (Phi) is 6.88. The molecule has 0 amide bonds. The largest absolute Gasteiger partial charge is 0.481 e.